The molecule has 0 aromatic heterocycles. The molecule has 134 valence electrons. The average Bonchev–Trinajstić information content (AvgIpc) is 2.63. The van der Waals surface area contributed by atoms with E-state index in [0.717, 1.165) is 11.3 Å². The second-order valence-corrected chi connectivity index (χ2v) is 5.50. The lowest BCUT2D eigenvalue weighted by atomic mass is 10.1. The van der Waals surface area contributed by atoms with Crippen molar-refractivity contribution < 1.29 is 19.0 Å². The molecule has 2 aromatic rings. The van der Waals surface area contributed by atoms with Crippen molar-refractivity contribution in [1.82, 2.24) is 5.32 Å². The summed E-state index contributed by atoms with van der Waals surface area (Å²) in [4.78, 5) is 12.4. The van der Waals surface area contributed by atoms with Crippen molar-refractivity contribution in [1.29, 1.82) is 0 Å². The van der Waals surface area contributed by atoms with Crippen molar-refractivity contribution >= 4 is 5.91 Å². The number of carbonyl (C=O) groups excluding carboxylic acids is 1. The van der Waals surface area contributed by atoms with Gasteiger partial charge in [0, 0.05) is 5.56 Å². The van der Waals surface area contributed by atoms with Gasteiger partial charge in [0.25, 0.3) is 5.91 Å². The van der Waals surface area contributed by atoms with Gasteiger partial charge in [-0.3, -0.25) is 4.79 Å². The first kappa shape index (κ1) is 18.6. The maximum atomic E-state index is 12.4. The van der Waals surface area contributed by atoms with Gasteiger partial charge in [-0.05, 0) is 62.7 Å². The van der Waals surface area contributed by atoms with E-state index in [0.29, 0.717) is 30.3 Å². The van der Waals surface area contributed by atoms with Crippen LogP contribution in [0.4, 0.5) is 0 Å². The van der Waals surface area contributed by atoms with Gasteiger partial charge in [-0.1, -0.05) is 6.07 Å². The molecule has 1 amide bonds. The number of methoxy groups -OCH3 is 1. The predicted octanol–water partition coefficient (Wildman–Crippen LogP) is 3.98. The smallest absolute Gasteiger partial charge is 0.251 e. The second kappa shape index (κ2) is 8.97. The molecule has 0 fully saturated rings. The molecule has 1 atom stereocenters. The maximum Gasteiger partial charge on any atom is 0.251 e. The van der Waals surface area contributed by atoms with Crippen LogP contribution in [0.2, 0.25) is 0 Å². The van der Waals surface area contributed by atoms with E-state index in [1.165, 1.54) is 0 Å². The largest absolute Gasteiger partial charge is 0.497 e. The fraction of sp³-hybridized carbons (Fsp3) is 0.350. The lowest BCUT2D eigenvalue weighted by Crippen LogP contribution is -2.26. The van der Waals surface area contributed by atoms with Gasteiger partial charge in [0.1, 0.15) is 5.75 Å². The quantitative estimate of drug-likeness (QED) is 0.787. The molecule has 0 heterocycles. The molecule has 0 aliphatic rings. The minimum absolute atomic E-state index is 0.137. The molecule has 25 heavy (non-hydrogen) atoms. The number of benzene rings is 2. The van der Waals surface area contributed by atoms with E-state index in [2.05, 4.69) is 5.32 Å². The van der Waals surface area contributed by atoms with Gasteiger partial charge in [-0.15, -0.1) is 0 Å². The molecule has 5 nitrogen and oxygen atoms in total. The zero-order chi connectivity index (χ0) is 18.2. The van der Waals surface area contributed by atoms with Crippen LogP contribution < -0.4 is 19.5 Å². The Morgan fingerprint density at radius 3 is 2.24 bits per heavy atom. The summed E-state index contributed by atoms with van der Waals surface area (Å²) in [6.07, 6.45) is 0. The molecule has 0 spiro atoms. The molecular formula is C20H25NO4. The van der Waals surface area contributed by atoms with E-state index in [4.69, 9.17) is 14.2 Å². The van der Waals surface area contributed by atoms with E-state index in [1.54, 1.807) is 31.4 Å². The molecule has 0 unspecified atom stereocenters. The SMILES string of the molecule is CCOc1ccc([C@@H](C)NC(=O)c2ccc(OC)cc2)cc1OCC. The van der Waals surface area contributed by atoms with Crippen LogP contribution in [0.25, 0.3) is 0 Å². The first-order chi connectivity index (χ1) is 12.1. The van der Waals surface area contributed by atoms with Crippen LogP contribution in [0.1, 0.15) is 42.7 Å². The molecular weight excluding hydrogens is 318 g/mol. The zero-order valence-electron chi connectivity index (χ0n) is 15.2. The van der Waals surface area contributed by atoms with Crippen LogP contribution in [-0.2, 0) is 0 Å². The molecule has 0 saturated heterocycles. The summed E-state index contributed by atoms with van der Waals surface area (Å²) in [5.74, 6) is 1.98. The van der Waals surface area contributed by atoms with Gasteiger partial charge in [0.05, 0.1) is 26.4 Å². The van der Waals surface area contributed by atoms with Crippen LogP contribution in [-0.4, -0.2) is 26.2 Å². The Labute approximate surface area is 148 Å². The Bertz CT molecular complexity index is 697. The maximum absolute atomic E-state index is 12.4. The number of ether oxygens (including phenoxy) is 3. The topological polar surface area (TPSA) is 56.8 Å². The number of hydrogen-bond acceptors (Lipinski definition) is 4. The van der Waals surface area contributed by atoms with Gasteiger partial charge in [-0.2, -0.15) is 0 Å². The Hall–Kier alpha value is -2.69. The van der Waals surface area contributed by atoms with Gasteiger partial charge < -0.3 is 19.5 Å². The van der Waals surface area contributed by atoms with Crippen molar-refractivity contribution in [2.75, 3.05) is 20.3 Å². The molecule has 0 radical (unpaired) electrons. The van der Waals surface area contributed by atoms with Crippen LogP contribution in [0, 0.1) is 0 Å². The molecule has 0 bridgehead atoms. The van der Waals surface area contributed by atoms with E-state index < -0.39 is 0 Å². The molecule has 5 heteroatoms. The summed E-state index contributed by atoms with van der Waals surface area (Å²) in [7, 11) is 1.60. The predicted molar refractivity (Wildman–Crippen MR) is 97.7 cm³/mol. The summed E-state index contributed by atoms with van der Waals surface area (Å²) in [5, 5.41) is 2.99. The lowest BCUT2D eigenvalue weighted by molar-refractivity contribution is 0.0939. The monoisotopic (exact) mass is 343 g/mol. The van der Waals surface area contributed by atoms with Crippen LogP contribution >= 0.6 is 0 Å². The molecule has 0 aliphatic heterocycles. The third kappa shape index (κ3) is 4.89. The fourth-order valence-corrected chi connectivity index (χ4v) is 2.44. The summed E-state index contributed by atoms with van der Waals surface area (Å²) >= 11 is 0. The Kier molecular flexibility index (Phi) is 6.69. The first-order valence-corrected chi connectivity index (χ1v) is 8.43. The highest BCUT2D eigenvalue weighted by molar-refractivity contribution is 5.94. The normalized spacial score (nSPS) is 11.5. The van der Waals surface area contributed by atoms with Crippen molar-refractivity contribution in [2.45, 2.75) is 26.8 Å². The Morgan fingerprint density at radius 1 is 1.00 bits per heavy atom. The zero-order valence-corrected chi connectivity index (χ0v) is 15.2. The van der Waals surface area contributed by atoms with Crippen molar-refractivity contribution in [3.63, 3.8) is 0 Å². The minimum atomic E-state index is -0.163. The van der Waals surface area contributed by atoms with Crippen molar-refractivity contribution in [2.24, 2.45) is 0 Å². The summed E-state index contributed by atoms with van der Waals surface area (Å²) in [6.45, 7) is 6.92. The highest BCUT2D eigenvalue weighted by Crippen LogP contribution is 2.30. The molecule has 1 N–H and O–H groups in total. The molecule has 2 rings (SSSR count). The molecule has 0 aliphatic carbocycles. The first-order valence-electron chi connectivity index (χ1n) is 8.43. The standard InChI is InChI=1S/C20H25NO4/c1-5-24-18-12-9-16(13-19(18)25-6-2)14(3)21-20(22)15-7-10-17(23-4)11-8-15/h7-14H,5-6H2,1-4H3,(H,21,22)/t14-/m1/s1. The average molecular weight is 343 g/mol. The minimum Gasteiger partial charge on any atom is -0.497 e. The van der Waals surface area contributed by atoms with E-state index >= 15 is 0 Å². The molecule has 2 aromatic carbocycles. The number of hydrogen-bond donors (Lipinski definition) is 1. The molecule has 0 saturated carbocycles. The lowest BCUT2D eigenvalue weighted by Gasteiger charge is -2.17. The van der Waals surface area contributed by atoms with Gasteiger partial charge in [0.2, 0.25) is 0 Å². The van der Waals surface area contributed by atoms with E-state index in [1.807, 2.05) is 39.0 Å². The number of amides is 1. The van der Waals surface area contributed by atoms with Crippen LogP contribution in [0.3, 0.4) is 0 Å². The van der Waals surface area contributed by atoms with E-state index in [-0.39, 0.29) is 11.9 Å². The summed E-state index contributed by atoms with van der Waals surface area (Å²) in [6, 6.07) is 12.6. The third-order valence-corrected chi connectivity index (χ3v) is 3.77. The van der Waals surface area contributed by atoms with Gasteiger partial charge in [0.15, 0.2) is 11.5 Å². The summed E-state index contributed by atoms with van der Waals surface area (Å²) in [5.41, 5.74) is 1.54. The van der Waals surface area contributed by atoms with E-state index in [9.17, 15) is 4.79 Å². The van der Waals surface area contributed by atoms with Crippen LogP contribution in [0.15, 0.2) is 42.5 Å². The van der Waals surface area contributed by atoms with Crippen molar-refractivity contribution in [3.05, 3.63) is 53.6 Å². The highest BCUT2D eigenvalue weighted by Gasteiger charge is 2.14. The third-order valence-electron chi connectivity index (χ3n) is 3.77. The number of nitrogens with one attached hydrogen (secondary N) is 1. The Balaban J connectivity index is 2.11. The summed E-state index contributed by atoms with van der Waals surface area (Å²) < 4.78 is 16.3. The van der Waals surface area contributed by atoms with Gasteiger partial charge >= 0.3 is 0 Å². The second-order valence-electron chi connectivity index (χ2n) is 5.50. The fourth-order valence-electron chi connectivity index (χ4n) is 2.44. The number of rotatable bonds is 8. The Morgan fingerprint density at radius 2 is 1.64 bits per heavy atom. The highest BCUT2D eigenvalue weighted by atomic mass is 16.5. The van der Waals surface area contributed by atoms with Gasteiger partial charge in [-0.25, -0.2) is 0 Å². The van der Waals surface area contributed by atoms with Crippen LogP contribution in [0.5, 0.6) is 17.2 Å². The van der Waals surface area contributed by atoms with Crippen molar-refractivity contribution in [3.8, 4) is 17.2 Å². The number of carbonyl (C=O) groups is 1.